The van der Waals surface area contributed by atoms with E-state index in [4.69, 9.17) is 0 Å². The van der Waals surface area contributed by atoms with E-state index >= 15 is 0 Å². The summed E-state index contributed by atoms with van der Waals surface area (Å²) >= 11 is 0. The Labute approximate surface area is 151 Å². The van der Waals surface area contributed by atoms with E-state index in [0.717, 1.165) is 11.1 Å². The van der Waals surface area contributed by atoms with Crippen molar-refractivity contribution >= 4 is 27.5 Å². The van der Waals surface area contributed by atoms with E-state index in [2.05, 4.69) is 4.28 Å². The molecule has 0 atom stereocenters. The largest absolute Gasteiger partial charge is 0.525 e. The lowest BCUT2D eigenvalue weighted by molar-refractivity contribution is -0.164. The van der Waals surface area contributed by atoms with E-state index in [1.165, 1.54) is 12.1 Å². The van der Waals surface area contributed by atoms with Crippen molar-refractivity contribution in [2.24, 2.45) is 0 Å². The van der Waals surface area contributed by atoms with E-state index in [-0.39, 0.29) is 11.1 Å². The van der Waals surface area contributed by atoms with Crippen molar-refractivity contribution < 1.29 is 35.5 Å². The lowest BCUT2D eigenvalue weighted by Crippen LogP contribution is -2.38. The molecule has 1 aliphatic heterocycles. The second-order valence-corrected chi connectivity index (χ2v) is 6.93. The van der Waals surface area contributed by atoms with Crippen molar-refractivity contribution in [3.05, 3.63) is 66.2 Å². The summed E-state index contributed by atoms with van der Waals surface area (Å²) in [5.74, 6) is -2.63. The number of alkyl halides is 3. The molecule has 0 aliphatic carbocycles. The van der Waals surface area contributed by atoms with Crippen molar-refractivity contribution in [2.45, 2.75) is 5.51 Å². The molecule has 0 fully saturated rings. The summed E-state index contributed by atoms with van der Waals surface area (Å²) in [6, 6.07) is 15.5. The maximum atomic E-state index is 12.4. The topological polar surface area (TPSA) is 80.8 Å². The average molecular weight is 397 g/mol. The highest BCUT2D eigenvalue weighted by Crippen LogP contribution is 2.30. The highest BCUT2D eigenvalue weighted by molar-refractivity contribution is 7.87. The van der Waals surface area contributed by atoms with Crippen LogP contribution in [0.15, 0.2) is 60.7 Å². The zero-order valence-corrected chi connectivity index (χ0v) is 14.1. The first-order valence-corrected chi connectivity index (χ1v) is 8.78. The van der Waals surface area contributed by atoms with Crippen LogP contribution in [0.4, 0.5) is 13.2 Å². The van der Waals surface area contributed by atoms with Crippen LogP contribution in [0.25, 0.3) is 16.7 Å². The number of halogens is 3. The average Bonchev–Trinajstić information content (AvgIpc) is 2.89. The Morgan fingerprint density at radius 2 is 1.33 bits per heavy atom. The minimum absolute atomic E-state index is 0.225. The third kappa shape index (κ3) is 3.62. The summed E-state index contributed by atoms with van der Waals surface area (Å²) in [7, 11) is -6.14. The predicted octanol–water partition coefficient (Wildman–Crippen LogP) is 2.89. The number of carbonyl (C=O) groups excluding carboxylic acids is 2. The summed E-state index contributed by atoms with van der Waals surface area (Å²) in [5.41, 5.74) is -4.12. The molecule has 2 amide bonds. The standard InChI is InChI=1S/C17H10F3NO5S/c18-17(19,20)27(24,25)26-21-15(22)10-14(16(21)23)13-8-6-12(7-9-13)11-4-2-1-3-5-11/h1-10H. The molecule has 27 heavy (non-hydrogen) atoms. The van der Waals surface area contributed by atoms with Crippen molar-refractivity contribution in [3.8, 4) is 11.1 Å². The summed E-state index contributed by atoms with van der Waals surface area (Å²) in [5, 5.41) is -0.427. The third-order valence-corrected chi connectivity index (χ3v) is 4.55. The van der Waals surface area contributed by atoms with Gasteiger partial charge in [-0.3, -0.25) is 9.59 Å². The molecular weight excluding hydrogens is 387 g/mol. The first-order chi connectivity index (χ1) is 12.6. The maximum absolute atomic E-state index is 12.4. The molecule has 1 aliphatic rings. The van der Waals surface area contributed by atoms with Gasteiger partial charge in [-0.25, -0.2) is 0 Å². The van der Waals surface area contributed by atoms with Gasteiger partial charge in [0.2, 0.25) is 0 Å². The van der Waals surface area contributed by atoms with Crippen LogP contribution in [0.2, 0.25) is 0 Å². The zero-order valence-electron chi connectivity index (χ0n) is 13.3. The molecule has 3 rings (SSSR count). The van der Waals surface area contributed by atoms with E-state index in [9.17, 15) is 31.2 Å². The van der Waals surface area contributed by atoms with Crippen LogP contribution in [0.3, 0.4) is 0 Å². The molecule has 0 N–H and O–H groups in total. The Hall–Kier alpha value is -2.98. The first kappa shape index (κ1) is 18.8. The number of benzene rings is 2. The minimum atomic E-state index is -6.14. The van der Waals surface area contributed by atoms with Crippen LogP contribution < -0.4 is 0 Å². The Kier molecular flexibility index (Phi) is 4.62. The normalized spacial score (nSPS) is 15.2. The van der Waals surface area contributed by atoms with Gasteiger partial charge in [0.05, 0.1) is 5.57 Å². The van der Waals surface area contributed by atoms with E-state index in [1.54, 1.807) is 12.1 Å². The number of rotatable bonds is 4. The molecule has 2 aromatic rings. The molecule has 0 spiro atoms. The second kappa shape index (κ2) is 6.63. The Balaban J connectivity index is 1.84. The molecule has 10 heteroatoms. The van der Waals surface area contributed by atoms with Gasteiger partial charge in [0, 0.05) is 6.08 Å². The van der Waals surface area contributed by atoms with Gasteiger partial charge in [-0.15, -0.1) is 9.35 Å². The molecule has 0 radical (unpaired) electrons. The molecule has 6 nitrogen and oxygen atoms in total. The van der Waals surface area contributed by atoms with Crippen LogP contribution in [0.5, 0.6) is 0 Å². The number of hydrogen-bond acceptors (Lipinski definition) is 5. The fraction of sp³-hybridized carbons (Fsp3) is 0.0588. The highest BCUT2D eigenvalue weighted by Gasteiger charge is 2.51. The maximum Gasteiger partial charge on any atom is 0.525 e. The number of nitrogens with zero attached hydrogens (tertiary/aromatic N) is 1. The lowest BCUT2D eigenvalue weighted by Gasteiger charge is -2.15. The first-order valence-electron chi connectivity index (χ1n) is 7.37. The SMILES string of the molecule is O=C1C=C(c2ccc(-c3ccccc3)cc2)C(=O)N1OS(=O)(=O)C(F)(F)F. The van der Waals surface area contributed by atoms with E-state index in [0.29, 0.717) is 6.08 Å². The number of hydroxylamine groups is 2. The molecule has 0 aromatic heterocycles. The van der Waals surface area contributed by atoms with Crippen LogP contribution in [0.1, 0.15) is 5.56 Å². The van der Waals surface area contributed by atoms with E-state index < -0.39 is 32.5 Å². The smallest absolute Gasteiger partial charge is 0.267 e. The molecule has 0 unspecified atom stereocenters. The molecule has 2 aromatic carbocycles. The second-order valence-electron chi connectivity index (χ2n) is 5.41. The van der Waals surface area contributed by atoms with Crippen molar-refractivity contribution in [2.75, 3.05) is 0 Å². The predicted molar refractivity (Wildman–Crippen MR) is 87.8 cm³/mol. The van der Waals surface area contributed by atoms with Gasteiger partial charge in [-0.05, 0) is 16.7 Å². The molecule has 0 saturated carbocycles. The van der Waals surface area contributed by atoms with Gasteiger partial charge in [-0.2, -0.15) is 21.6 Å². The lowest BCUT2D eigenvalue weighted by atomic mass is 10.0. The summed E-state index contributed by atoms with van der Waals surface area (Å²) in [6.07, 6.45) is 0.714. The molecule has 0 saturated heterocycles. The summed E-state index contributed by atoms with van der Waals surface area (Å²) < 4.78 is 62.9. The molecular formula is C17H10F3NO5S. The van der Waals surface area contributed by atoms with Gasteiger partial charge in [0.15, 0.2) is 0 Å². The quantitative estimate of drug-likeness (QED) is 0.586. The van der Waals surface area contributed by atoms with E-state index in [1.807, 2.05) is 30.3 Å². The monoisotopic (exact) mass is 397 g/mol. The number of carbonyl (C=O) groups is 2. The Morgan fingerprint density at radius 3 is 1.89 bits per heavy atom. The van der Waals surface area contributed by atoms with Gasteiger partial charge in [0.25, 0.3) is 11.8 Å². The van der Waals surface area contributed by atoms with Crippen molar-refractivity contribution in [3.63, 3.8) is 0 Å². The molecule has 140 valence electrons. The Morgan fingerprint density at radius 1 is 0.815 bits per heavy atom. The highest BCUT2D eigenvalue weighted by atomic mass is 32.2. The number of hydrogen-bond donors (Lipinski definition) is 0. The van der Waals surface area contributed by atoms with Gasteiger partial charge >= 0.3 is 15.6 Å². The van der Waals surface area contributed by atoms with Gasteiger partial charge in [0.1, 0.15) is 0 Å². The molecule has 1 heterocycles. The summed E-state index contributed by atoms with van der Waals surface area (Å²) in [4.78, 5) is 23.9. The van der Waals surface area contributed by atoms with Crippen molar-refractivity contribution in [1.82, 2.24) is 5.06 Å². The number of imide groups is 1. The van der Waals surface area contributed by atoms with Gasteiger partial charge < -0.3 is 0 Å². The zero-order chi connectivity index (χ0) is 19.8. The Bertz CT molecular complexity index is 1030. The van der Waals surface area contributed by atoms with Crippen LogP contribution in [0, 0.1) is 0 Å². The molecule has 0 bridgehead atoms. The number of amides is 2. The fourth-order valence-corrected chi connectivity index (χ4v) is 2.77. The van der Waals surface area contributed by atoms with Crippen molar-refractivity contribution in [1.29, 1.82) is 0 Å². The van der Waals surface area contributed by atoms with Crippen LogP contribution in [-0.2, 0) is 24.0 Å². The van der Waals surface area contributed by atoms with Gasteiger partial charge in [-0.1, -0.05) is 54.6 Å². The fourth-order valence-electron chi connectivity index (χ4n) is 2.34. The van der Waals surface area contributed by atoms with Crippen LogP contribution in [-0.4, -0.2) is 30.8 Å². The minimum Gasteiger partial charge on any atom is -0.267 e. The van der Waals surface area contributed by atoms with Crippen LogP contribution >= 0.6 is 0 Å². The third-order valence-electron chi connectivity index (χ3n) is 3.64. The summed E-state index contributed by atoms with van der Waals surface area (Å²) in [6.45, 7) is 0.